The van der Waals surface area contributed by atoms with E-state index in [0.717, 1.165) is 11.3 Å². The quantitative estimate of drug-likeness (QED) is 0.502. The van der Waals surface area contributed by atoms with Crippen molar-refractivity contribution in [3.05, 3.63) is 47.5 Å². The average Bonchev–Trinajstić information content (AvgIpc) is 2.76. The lowest BCUT2D eigenvalue weighted by molar-refractivity contribution is -0.120. The van der Waals surface area contributed by atoms with E-state index < -0.39 is 5.91 Å². The fraction of sp³-hybridized carbons (Fsp3) is 0.333. The monoisotopic (exact) mass is 418 g/mol. The van der Waals surface area contributed by atoms with Gasteiger partial charge in [-0.05, 0) is 29.8 Å². The Morgan fingerprint density at radius 1 is 0.933 bits per heavy atom. The van der Waals surface area contributed by atoms with Crippen LogP contribution in [0.15, 0.2) is 36.4 Å². The van der Waals surface area contributed by atoms with Crippen molar-refractivity contribution in [3.63, 3.8) is 0 Å². The molecule has 0 unspecified atom stereocenters. The summed E-state index contributed by atoms with van der Waals surface area (Å²) in [6, 6.07) is 10.4. The van der Waals surface area contributed by atoms with Gasteiger partial charge in [0.2, 0.25) is 5.75 Å². The summed E-state index contributed by atoms with van der Waals surface area (Å²) in [5, 5.41) is 2.83. The first kappa shape index (κ1) is 22.8. The Labute approximate surface area is 175 Å². The van der Waals surface area contributed by atoms with Crippen LogP contribution in [0.3, 0.4) is 0 Å². The van der Waals surface area contributed by atoms with Gasteiger partial charge in [-0.1, -0.05) is 12.1 Å². The molecular weight excluding hydrogens is 392 g/mol. The second-order valence-corrected chi connectivity index (χ2v) is 6.13. The second-order valence-electron chi connectivity index (χ2n) is 6.13. The lowest BCUT2D eigenvalue weighted by atomic mass is 10.1. The minimum absolute atomic E-state index is 0.194. The van der Waals surface area contributed by atoms with Gasteiger partial charge >= 0.3 is 0 Å². The highest BCUT2D eigenvalue weighted by molar-refractivity contribution is 5.95. The molecule has 2 rings (SSSR count). The SMILES string of the molecule is COCCOc1ccc(CNC(=O)c2cc(OC)c(OCC(N)=O)c(OC)c2)cc1. The summed E-state index contributed by atoms with van der Waals surface area (Å²) in [4.78, 5) is 23.6. The lowest BCUT2D eigenvalue weighted by Crippen LogP contribution is -2.23. The minimum atomic E-state index is -0.643. The first-order valence-corrected chi connectivity index (χ1v) is 9.14. The zero-order chi connectivity index (χ0) is 21.9. The van der Waals surface area contributed by atoms with Gasteiger partial charge in [0.25, 0.3) is 11.8 Å². The Balaban J connectivity index is 2.04. The zero-order valence-electron chi connectivity index (χ0n) is 17.2. The van der Waals surface area contributed by atoms with Crippen molar-refractivity contribution >= 4 is 11.8 Å². The van der Waals surface area contributed by atoms with Gasteiger partial charge in [-0.3, -0.25) is 9.59 Å². The molecule has 2 aromatic carbocycles. The third-order valence-electron chi connectivity index (χ3n) is 4.01. The van der Waals surface area contributed by atoms with Crippen LogP contribution in [0.2, 0.25) is 0 Å². The highest BCUT2D eigenvalue weighted by Crippen LogP contribution is 2.38. The molecule has 0 heterocycles. The van der Waals surface area contributed by atoms with Crippen LogP contribution in [0.1, 0.15) is 15.9 Å². The van der Waals surface area contributed by atoms with Crippen molar-refractivity contribution in [2.24, 2.45) is 5.73 Å². The molecule has 0 bridgehead atoms. The molecule has 0 fully saturated rings. The molecule has 9 heteroatoms. The molecule has 3 N–H and O–H groups in total. The predicted octanol–water partition coefficient (Wildman–Crippen LogP) is 1.52. The third kappa shape index (κ3) is 6.56. The number of methoxy groups -OCH3 is 3. The number of nitrogens with two attached hydrogens (primary N) is 1. The maximum absolute atomic E-state index is 12.6. The maximum Gasteiger partial charge on any atom is 0.255 e. The van der Waals surface area contributed by atoms with Crippen LogP contribution in [0, 0.1) is 0 Å². The predicted molar refractivity (Wildman–Crippen MR) is 109 cm³/mol. The molecule has 162 valence electrons. The molecule has 0 aliphatic heterocycles. The van der Waals surface area contributed by atoms with Crippen LogP contribution in [0.4, 0.5) is 0 Å². The third-order valence-corrected chi connectivity index (χ3v) is 4.01. The normalized spacial score (nSPS) is 10.2. The van der Waals surface area contributed by atoms with Crippen LogP contribution >= 0.6 is 0 Å². The van der Waals surface area contributed by atoms with Crippen LogP contribution in [0.5, 0.6) is 23.0 Å². The van der Waals surface area contributed by atoms with E-state index in [9.17, 15) is 9.59 Å². The number of rotatable bonds is 12. The molecule has 0 radical (unpaired) electrons. The van der Waals surface area contributed by atoms with Crippen LogP contribution < -0.4 is 30.0 Å². The van der Waals surface area contributed by atoms with E-state index >= 15 is 0 Å². The molecule has 0 aliphatic carbocycles. The molecule has 0 saturated heterocycles. The minimum Gasteiger partial charge on any atom is -0.493 e. The Morgan fingerprint density at radius 3 is 2.10 bits per heavy atom. The number of carbonyl (C=O) groups is 2. The Hall–Kier alpha value is -3.46. The van der Waals surface area contributed by atoms with E-state index in [0.29, 0.717) is 25.3 Å². The summed E-state index contributed by atoms with van der Waals surface area (Å²) in [6.07, 6.45) is 0. The summed E-state index contributed by atoms with van der Waals surface area (Å²) >= 11 is 0. The van der Waals surface area contributed by atoms with Crippen molar-refractivity contribution in [1.82, 2.24) is 5.32 Å². The molecule has 2 amide bonds. The molecule has 0 aromatic heterocycles. The Kier molecular flexibility index (Phi) is 8.76. The number of carbonyl (C=O) groups excluding carboxylic acids is 2. The number of nitrogens with one attached hydrogen (secondary N) is 1. The lowest BCUT2D eigenvalue weighted by Gasteiger charge is -2.15. The topological polar surface area (TPSA) is 118 Å². The van der Waals surface area contributed by atoms with Gasteiger partial charge in [0.15, 0.2) is 18.1 Å². The number of benzene rings is 2. The van der Waals surface area contributed by atoms with Gasteiger partial charge in [-0.25, -0.2) is 0 Å². The molecular formula is C21H26N2O7. The standard InChI is InChI=1S/C21H26N2O7/c1-26-8-9-29-16-6-4-14(5-7-16)12-23-21(25)15-10-17(27-2)20(18(11-15)28-3)30-13-19(22)24/h4-7,10-11H,8-9,12-13H2,1-3H3,(H2,22,24)(H,23,25). The number of amides is 2. The zero-order valence-corrected chi connectivity index (χ0v) is 17.2. The van der Waals surface area contributed by atoms with E-state index in [-0.39, 0.29) is 29.8 Å². The Bertz CT molecular complexity index is 828. The fourth-order valence-corrected chi connectivity index (χ4v) is 2.53. The number of hydrogen-bond donors (Lipinski definition) is 2. The first-order chi connectivity index (χ1) is 14.5. The van der Waals surface area contributed by atoms with E-state index in [4.69, 9.17) is 29.4 Å². The van der Waals surface area contributed by atoms with E-state index in [1.165, 1.54) is 26.4 Å². The van der Waals surface area contributed by atoms with Crippen molar-refractivity contribution in [3.8, 4) is 23.0 Å². The number of primary amides is 1. The maximum atomic E-state index is 12.6. The summed E-state index contributed by atoms with van der Waals surface area (Å²) in [5.74, 6) is 0.448. The number of ether oxygens (including phenoxy) is 5. The van der Waals surface area contributed by atoms with Crippen LogP contribution in [-0.2, 0) is 16.1 Å². The summed E-state index contributed by atoms with van der Waals surface area (Å²) in [5.41, 5.74) is 6.33. The average molecular weight is 418 g/mol. The number of hydrogen-bond acceptors (Lipinski definition) is 7. The van der Waals surface area contributed by atoms with Gasteiger partial charge in [0.05, 0.1) is 20.8 Å². The van der Waals surface area contributed by atoms with E-state index in [2.05, 4.69) is 5.32 Å². The fourth-order valence-electron chi connectivity index (χ4n) is 2.53. The summed E-state index contributed by atoms with van der Waals surface area (Å²) < 4.78 is 26.3. The van der Waals surface area contributed by atoms with Crippen molar-refractivity contribution in [2.45, 2.75) is 6.54 Å². The van der Waals surface area contributed by atoms with Crippen molar-refractivity contribution < 1.29 is 33.3 Å². The molecule has 30 heavy (non-hydrogen) atoms. The molecule has 9 nitrogen and oxygen atoms in total. The molecule has 0 saturated carbocycles. The first-order valence-electron chi connectivity index (χ1n) is 9.14. The summed E-state index contributed by atoms with van der Waals surface area (Å²) in [6.45, 7) is 0.956. The summed E-state index contributed by atoms with van der Waals surface area (Å²) in [7, 11) is 4.45. The highest BCUT2D eigenvalue weighted by Gasteiger charge is 2.18. The van der Waals surface area contributed by atoms with Gasteiger partial charge in [0.1, 0.15) is 12.4 Å². The molecule has 0 spiro atoms. The van der Waals surface area contributed by atoms with Crippen LogP contribution in [-0.4, -0.2) is 53.0 Å². The van der Waals surface area contributed by atoms with E-state index in [1.807, 2.05) is 24.3 Å². The van der Waals surface area contributed by atoms with E-state index in [1.54, 1.807) is 7.11 Å². The Morgan fingerprint density at radius 2 is 1.57 bits per heavy atom. The second kappa shape index (κ2) is 11.5. The largest absolute Gasteiger partial charge is 0.493 e. The van der Waals surface area contributed by atoms with Gasteiger partial charge in [-0.2, -0.15) is 0 Å². The molecule has 0 aliphatic rings. The van der Waals surface area contributed by atoms with Gasteiger partial charge < -0.3 is 34.7 Å². The van der Waals surface area contributed by atoms with Crippen molar-refractivity contribution in [2.75, 3.05) is 41.2 Å². The van der Waals surface area contributed by atoms with Crippen molar-refractivity contribution in [1.29, 1.82) is 0 Å². The molecule has 0 atom stereocenters. The molecule has 2 aromatic rings. The van der Waals surface area contributed by atoms with Gasteiger partial charge in [-0.15, -0.1) is 0 Å². The smallest absolute Gasteiger partial charge is 0.255 e. The van der Waals surface area contributed by atoms with Gasteiger partial charge in [0, 0.05) is 19.2 Å². The highest BCUT2D eigenvalue weighted by atomic mass is 16.5. The van der Waals surface area contributed by atoms with Crippen LogP contribution in [0.25, 0.3) is 0 Å².